The number of methoxy groups -OCH3 is 2. The van der Waals surface area contributed by atoms with Gasteiger partial charge in [-0.3, -0.25) is 28.8 Å². The van der Waals surface area contributed by atoms with E-state index in [4.69, 9.17) is 33.0 Å². The molecule has 147 heavy (non-hydrogen) atoms. The average molecular weight is 2190 g/mol. The number of carbonyl (C=O) groups is 6. The Morgan fingerprint density at radius 1 is 0.456 bits per heavy atom. The molecule has 1 saturated heterocycles. The van der Waals surface area contributed by atoms with Crippen LogP contribution >= 0.6 is 22.6 Å². The molecule has 1 fully saturated rings. The third-order valence-corrected chi connectivity index (χ3v) is 26.9. The van der Waals surface area contributed by atoms with Crippen molar-refractivity contribution in [2.45, 2.75) is 233 Å². The van der Waals surface area contributed by atoms with E-state index < -0.39 is 187 Å². The first kappa shape index (κ1) is 122. The number of carboxylic acids is 1. The number of anilines is 3. The summed E-state index contributed by atoms with van der Waals surface area (Å²) in [4.78, 5) is 114. The van der Waals surface area contributed by atoms with Gasteiger partial charge in [0.05, 0.1) is 76.6 Å². The number of ether oxygens (including phenoxy) is 5. The van der Waals surface area contributed by atoms with Crippen molar-refractivity contribution in [3.8, 4) is 39.5 Å². The Morgan fingerprint density at radius 2 is 0.735 bits per heavy atom. The minimum absolute atomic E-state index is 0. The Bertz CT molecular complexity index is 6490. The molecule has 0 bridgehead atoms. The number of carboxylic acid groups (broad SMARTS) is 1. The summed E-state index contributed by atoms with van der Waals surface area (Å²) in [5.74, 6) is -12.7. The molecule has 3 aromatic heterocycles. The molecule has 4 aliphatic heterocycles. The molecule has 13 rings (SSSR count). The van der Waals surface area contributed by atoms with Crippen LogP contribution in [0.3, 0.4) is 0 Å². The van der Waals surface area contributed by atoms with Crippen molar-refractivity contribution in [2.75, 3.05) is 50.0 Å². The van der Waals surface area contributed by atoms with Gasteiger partial charge < -0.3 is 94.7 Å². The number of aryl methyl sites for hydroxylation is 3. The Balaban J connectivity index is 0.000000277. The van der Waals surface area contributed by atoms with Gasteiger partial charge in [0.25, 0.3) is 34.4 Å². The van der Waals surface area contributed by atoms with Crippen molar-refractivity contribution in [1.82, 2.24) is 29.7 Å². The van der Waals surface area contributed by atoms with E-state index in [1.807, 2.05) is 74.4 Å². The SMILES string of the molecule is CC[C@H](C)Nc1cc(F)c(C(=O)N[C@@H](Cc2ccc(-c3c(C(F)(F)F)cc(C)n(C)c3=O)c3c2CCCO3)C(=O)O)c(F)c1.CC[C@H](C)Nc1cc(F)c(C(=O)N[C@@H](Cc2ccc(-c3c(C(F)(F)F)cc(C)n(C)c3=O)c3c2CCCO3)C(=O)OC)c(F)c1.CC[C@H](C)Nc1cc(F)c(C(=O)N[C@@H](Cc2ccc(B3OC(C)(C)C(C)(C)O3)c3c2CCCO3)C(=O)OC)c(F)c1.Cc1cc(C(F)(F)F)c(I)c(=O)n1C.O.[Li+].[OH-]. The van der Waals surface area contributed by atoms with Crippen LogP contribution in [0, 0.1) is 59.2 Å². The summed E-state index contributed by atoms with van der Waals surface area (Å²) < 4.78 is 254. The van der Waals surface area contributed by atoms with Gasteiger partial charge in [-0.1, -0.05) is 57.2 Å². The van der Waals surface area contributed by atoms with Gasteiger partial charge in [-0.2, -0.15) is 39.5 Å². The second-order valence-electron chi connectivity index (χ2n) is 36.4. The monoisotopic (exact) mass is 2190 g/mol. The van der Waals surface area contributed by atoms with E-state index in [0.717, 1.165) is 100 Å². The number of alkyl halides is 9. The molecule has 0 aliphatic carbocycles. The van der Waals surface area contributed by atoms with Crippen molar-refractivity contribution < 1.29 is 163 Å². The standard InChI is InChI=1S/C32H34F5N3O5.C31H32F5N3O5.C30H39BF2N2O6.C8H7F3INO.Li.2H2O/c1-6-16(2)38-19-14-23(33)27(24(34)15-19)29(41)39-25(31(43)44-5)13-18-9-10-21(28-20(18)8-7-11-45-28)26-22(32(35,36)37)12-17(3)40(4)30(26)42;1-5-15(2)37-18-13-22(32)26(23(33)14-18)28(40)38-24(30(42)43)12-17-8-9-20(27-19(17)7-6-10-44-27)25-21(31(34,35)36)11-16(3)39(4)29(25)41;1-8-17(2)34-19-15-22(32)25(23(33)16-19)27(36)35-24(28(37)38-7)14-18-11-12-21(26-20(18)10-9-13-39-26)31-40-29(3,4)30(5,6)41-31;1-4-3-5(8(9,10)11)6(12)7(14)13(4)2;;;/h9-10,12,14-16,25,38H,6-8,11,13H2,1-5H3,(H,39,41);8-9,11,13-15,24,37H,5-7,10,12H2,1-4H3,(H,38,40)(H,42,43);11-12,15-17,24,34H,8-10,13-14H2,1-7H3,(H,35,36);3H,1-2H3;;2*1H2/q;;;;+1;;/p-1/t16-,25-;15-,24-;17-,24-;;;;/m000..../s1. The van der Waals surface area contributed by atoms with Gasteiger partial charge in [-0.05, 0) is 238 Å². The molecule has 3 amide bonds. The zero-order chi connectivity index (χ0) is 107. The maximum absolute atomic E-state index is 14.9. The van der Waals surface area contributed by atoms with Crippen LogP contribution in [0.5, 0.6) is 17.2 Å². The number of carbonyl (C=O) groups excluding carboxylic acids is 5. The summed E-state index contributed by atoms with van der Waals surface area (Å²) in [6, 6.07) is 13.3. The van der Waals surface area contributed by atoms with E-state index in [1.54, 1.807) is 6.92 Å². The van der Waals surface area contributed by atoms with Gasteiger partial charge in [0, 0.05) is 109 Å². The third kappa shape index (κ3) is 28.3. The number of hydrogen-bond acceptors (Lipinski definition) is 20. The number of esters is 2. The molecule has 0 unspecified atom stereocenters. The number of hydrogen-bond donors (Lipinski definition) is 7. The average Bonchev–Trinajstić information content (AvgIpc) is 1.74. The minimum atomic E-state index is -4.85. The number of nitrogens with one attached hydrogen (secondary N) is 6. The van der Waals surface area contributed by atoms with Crippen LogP contribution in [-0.2, 0) is 111 Å². The van der Waals surface area contributed by atoms with Crippen LogP contribution < -0.4 is 87.1 Å². The number of fused-ring (bicyclic) bond motifs is 3. The quantitative estimate of drug-likeness (QED) is 0.0109. The number of aliphatic carboxylic acids is 1. The Labute approximate surface area is 863 Å². The molecular weight excluding hydrogens is 2070 g/mol. The number of pyridine rings is 3. The summed E-state index contributed by atoms with van der Waals surface area (Å²) in [6.07, 6.45) is -9.60. The van der Waals surface area contributed by atoms with Crippen molar-refractivity contribution >= 4 is 87.9 Å². The zero-order valence-corrected chi connectivity index (χ0v) is 86.3. The molecule has 0 saturated carbocycles. The van der Waals surface area contributed by atoms with E-state index in [-0.39, 0.29) is 135 Å². The molecule has 46 heteroatoms. The Morgan fingerprint density at radius 3 is 1.03 bits per heavy atom. The first-order valence-corrected chi connectivity index (χ1v) is 47.2. The van der Waals surface area contributed by atoms with E-state index >= 15 is 0 Å². The van der Waals surface area contributed by atoms with Crippen molar-refractivity contribution in [3.63, 3.8) is 0 Å². The van der Waals surface area contributed by atoms with Gasteiger partial charge in [-0.15, -0.1) is 0 Å². The first-order valence-electron chi connectivity index (χ1n) is 46.1. The fourth-order valence-corrected chi connectivity index (χ4v) is 17.2. The molecule has 0 spiro atoms. The molecule has 28 nitrogen and oxygen atoms in total. The fraction of sp³-hybridized carbons (Fsp3) is 0.436. The van der Waals surface area contributed by atoms with Gasteiger partial charge >= 0.3 is 62.4 Å². The number of benzene rings is 6. The van der Waals surface area contributed by atoms with Gasteiger partial charge in [0.15, 0.2) is 0 Å². The van der Waals surface area contributed by atoms with Crippen LogP contribution in [0.15, 0.2) is 105 Å². The summed E-state index contributed by atoms with van der Waals surface area (Å²) >= 11 is 1.42. The normalized spacial score (nSPS) is 14.9. The Hall–Kier alpha value is -12.0. The van der Waals surface area contributed by atoms with Gasteiger partial charge in [0.1, 0.15) is 87.0 Å². The predicted molar refractivity (Wildman–Crippen MR) is 523 cm³/mol. The summed E-state index contributed by atoms with van der Waals surface area (Å²) in [5, 5.41) is 25.7. The third-order valence-electron chi connectivity index (χ3n) is 25.8. The van der Waals surface area contributed by atoms with Crippen LogP contribution in [-0.4, -0.2) is 154 Å². The molecule has 7 heterocycles. The minimum Gasteiger partial charge on any atom is -0.870 e. The van der Waals surface area contributed by atoms with Crippen LogP contribution in [0.2, 0.25) is 0 Å². The molecule has 794 valence electrons. The maximum Gasteiger partial charge on any atom is 1.00 e. The molecule has 10 N–H and O–H groups in total. The van der Waals surface area contributed by atoms with Crippen molar-refractivity contribution in [1.29, 1.82) is 0 Å². The van der Waals surface area contributed by atoms with Crippen LogP contribution in [0.1, 0.15) is 206 Å². The van der Waals surface area contributed by atoms with E-state index in [2.05, 4.69) is 31.9 Å². The van der Waals surface area contributed by atoms with E-state index in [9.17, 15) is 114 Å². The van der Waals surface area contributed by atoms with E-state index in [0.29, 0.717) is 85.2 Å². The molecule has 6 atom stereocenters. The van der Waals surface area contributed by atoms with E-state index in [1.165, 1.54) is 100 Å². The van der Waals surface area contributed by atoms with Gasteiger partial charge in [-0.25, -0.2) is 40.7 Å². The van der Waals surface area contributed by atoms with Crippen molar-refractivity contribution in [3.05, 3.63) is 244 Å². The zero-order valence-electron chi connectivity index (χ0n) is 84.1. The molecule has 6 aromatic carbocycles. The second kappa shape index (κ2) is 50.3. The first-order chi connectivity index (χ1) is 67.3. The van der Waals surface area contributed by atoms with Crippen LogP contribution in [0.4, 0.5) is 82.9 Å². The van der Waals surface area contributed by atoms with Crippen LogP contribution in [0.25, 0.3) is 22.3 Å². The number of halogens is 16. The fourth-order valence-electron chi connectivity index (χ4n) is 16.3. The number of nitrogens with zero attached hydrogens (tertiary/aromatic N) is 3. The number of aromatic nitrogens is 3. The van der Waals surface area contributed by atoms with Crippen molar-refractivity contribution in [2.24, 2.45) is 21.1 Å². The smallest absolute Gasteiger partial charge is 0.870 e. The summed E-state index contributed by atoms with van der Waals surface area (Å²) in [6.45, 7) is 24.2. The second-order valence-corrected chi connectivity index (χ2v) is 37.4. The topological polar surface area (TPSA) is 387 Å². The number of amides is 3. The van der Waals surface area contributed by atoms with Gasteiger partial charge in [0.2, 0.25) is 0 Å². The summed E-state index contributed by atoms with van der Waals surface area (Å²) in [7, 11) is 5.79. The summed E-state index contributed by atoms with van der Waals surface area (Å²) in [5.41, 5.74) is -5.58. The molecule has 9 aromatic rings. The maximum atomic E-state index is 14.9. The Kier molecular flexibility index (Phi) is 41.7. The number of rotatable bonds is 27. The largest absolute Gasteiger partial charge is 1.00 e. The molecule has 4 aliphatic rings. The molecular formula is C101H115BF15ILiN9O19. The molecule has 0 radical (unpaired) electrons. The predicted octanol–water partition coefficient (Wildman–Crippen LogP) is 14.0.